The lowest BCUT2D eigenvalue weighted by Crippen LogP contribution is -2.45. The molecule has 0 aromatic carbocycles. The van der Waals surface area contributed by atoms with Crippen molar-refractivity contribution in [3.63, 3.8) is 0 Å². The summed E-state index contributed by atoms with van der Waals surface area (Å²) in [4.78, 5) is 10.6. The van der Waals surface area contributed by atoms with Crippen LogP contribution < -0.4 is 5.73 Å². The number of amides is 1. The van der Waals surface area contributed by atoms with Crippen molar-refractivity contribution in [2.24, 2.45) is 5.73 Å². The Morgan fingerprint density at radius 1 is 1.12 bits per heavy atom. The molecule has 0 aromatic heterocycles. The summed E-state index contributed by atoms with van der Waals surface area (Å²) >= 11 is 0. The Balaban J connectivity index is 4.37. The van der Waals surface area contributed by atoms with Crippen molar-refractivity contribution in [1.29, 1.82) is 0 Å². The fraction of sp³-hybridized carbons (Fsp3) is 0.727. The third-order valence-electron chi connectivity index (χ3n) is 1.99. The van der Waals surface area contributed by atoms with E-state index in [0.29, 0.717) is 32.3 Å². The highest BCUT2D eigenvalue weighted by Crippen LogP contribution is 2.18. The normalized spacial score (nSPS) is 12.2. The van der Waals surface area contributed by atoms with E-state index in [4.69, 9.17) is 19.0 Å². The molecule has 0 aliphatic heterocycles. The maximum atomic E-state index is 10.6. The maximum Gasteiger partial charge on any atom is 0.501 e. The topological polar surface area (TPSA) is 70.8 Å². The van der Waals surface area contributed by atoms with Crippen molar-refractivity contribution >= 4 is 14.7 Å². The molecule has 17 heavy (non-hydrogen) atoms. The summed E-state index contributed by atoms with van der Waals surface area (Å²) in [6.45, 7) is 7.43. The summed E-state index contributed by atoms with van der Waals surface area (Å²) in [5.41, 5.74) is 5.01. The van der Waals surface area contributed by atoms with Crippen LogP contribution >= 0.6 is 0 Å². The van der Waals surface area contributed by atoms with Crippen molar-refractivity contribution in [2.75, 3.05) is 19.8 Å². The summed E-state index contributed by atoms with van der Waals surface area (Å²) in [5.74, 6) is -0.443. The van der Waals surface area contributed by atoms with E-state index in [9.17, 15) is 4.79 Å². The SMILES string of the molecule is CCO[Si](CCC=CC(N)=O)(OCC)OCC. The summed E-state index contributed by atoms with van der Waals surface area (Å²) < 4.78 is 17.0. The second kappa shape index (κ2) is 9.35. The Morgan fingerprint density at radius 2 is 1.59 bits per heavy atom. The molecule has 0 bridgehead atoms. The molecule has 100 valence electrons. The Labute approximate surface area is 104 Å². The molecule has 0 aliphatic carbocycles. The molecule has 5 nitrogen and oxygen atoms in total. The molecule has 0 aromatic rings. The van der Waals surface area contributed by atoms with Crippen LogP contribution in [-0.2, 0) is 18.1 Å². The van der Waals surface area contributed by atoms with Gasteiger partial charge in [-0.05, 0) is 33.3 Å². The van der Waals surface area contributed by atoms with E-state index < -0.39 is 14.7 Å². The molecule has 0 spiro atoms. The fourth-order valence-electron chi connectivity index (χ4n) is 1.46. The number of primary amides is 1. The van der Waals surface area contributed by atoms with Gasteiger partial charge in [0.2, 0.25) is 5.91 Å². The smallest absolute Gasteiger partial charge is 0.374 e. The van der Waals surface area contributed by atoms with Crippen LogP contribution in [0.3, 0.4) is 0 Å². The molecule has 0 fully saturated rings. The monoisotopic (exact) mass is 261 g/mol. The third-order valence-corrected chi connectivity index (χ3v) is 5.08. The van der Waals surface area contributed by atoms with Gasteiger partial charge in [-0.25, -0.2) is 0 Å². The first-order valence-corrected chi connectivity index (χ1v) is 7.91. The summed E-state index contributed by atoms with van der Waals surface area (Å²) in [6.07, 6.45) is 3.74. The Hall–Kier alpha value is -0.693. The minimum absolute atomic E-state index is 0.443. The first kappa shape index (κ1) is 16.3. The van der Waals surface area contributed by atoms with Crippen LogP contribution in [0.25, 0.3) is 0 Å². The van der Waals surface area contributed by atoms with Gasteiger partial charge in [-0.1, -0.05) is 6.08 Å². The van der Waals surface area contributed by atoms with Crippen molar-refractivity contribution in [3.05, 3.63) is 12.2 Å². The summed E-state index contributed by atoms with van der Waals surface area (Å²) in [5, 5.41) is 0. The molecule has 0 saturated heterocycles. The van der Waals surface area contributed by atoms with Crippen molar-refractivity contribution in [1.82, 2.24) is 0 Å². The number of hydrogen-bond acceptors (Lipinski definition) is 4. The number of rotatable bonds is 10. The number of allylic oxidation sites excluding steroid dienone is 1. The Bertz CT molecular complexity index is 229. The van der Waals surface area contributed by atoms with Crippen LogP contribution in [0.5, 0.6) is 0 Å². The predicted molar refractivity (Wildman–Crippen MR) is 68.4 cm³/mol. The summed E-state index contributed by atoms with van der Waals surface area (Å²) in [7, 11) is -2.57. The molecule has 2 N–H and O–H groups in total. The highest BCUT2D eigenvalue weighted by atomic mass is 28.4. The Morgan fingerprint density at radius 3 is 1.94 bits per heavy atom. The summed E-state index contributed by atoms with van der Waals surface area (Å²) in [6, 6.07) is 0.659. The van der Waals surface area contributed by atoms with Gasteiger partial charge in [-0.3, -0.25) is 4.79 Å². The van der Waals surface area contributed by atoms with E-state index in [1.165, 1.54) is 6.08 Å². The van der Waals surface area contributed by atoms with Crippen LogP contribution in [0.4, 0.5) is 0 Å². The van der Waals surface area contributed by atoms with E-state index in [1.54, 1.807) is 6.08 Å². The van der Waals surface area contributed by atoms with Crippen molar-refractivity contribution < 1.29 is 18.1 Å². The van der Waals surface area contributed by atoms with Gasteiger partial charge in [0.1, 0.15) is 0 Å². The Kier molecular flexibility index (Phi) is 8.97. The minimum atomic E-state index is -2.57. The van der Waals surface area contributed by atoms with Crippen LogP contribution in [0, 0.1) is 0 Å². The lowest BCUT2D eigenvalue weighted by molar-refractivity contribution is -0.113. The van der Waals surface area contributed by atoms with Crippen LogP contribution in [-0.4, -0.2) is 34.5 Å². The average molecular weight is 261 g/mol. The largest absolute Gasteiger partial charge is 0.501 e. The molecule has 0 aliphatic rings. The van der Waals surface area contributed by atoms with Crippen molar-refractivity contribution in [3.8, 4) is 0 Å². The molecule has 0 unspecified atom stereocenters. The molecular formula is C11H23NO4Si. The quantitative estimate of drug-likeness (QED) is 0.477. The molecule has 1 amide bonds. The highest BCUT2D eigenvalue weighted by molar-refractivity contribution is 6.60. The molecule has 0 radical (unpaired) electrons. The lowest BCUT2D eigenvalue weighted by Gasteiger charge is -2.28. The third kappa shape index (κ3) is 7.27. The molecule has 0 rings (SSSR count). The lowest BCUT2D eigenvalue weighted by atomic mass is 10.4. The first-order valence-electron chi connectivity index (χ1n) is 5.98. The fourth-order valence-corrected chi connectivity index (χ4v) is 3.98. The maximum absolute atomic E-state index is 10.6. The minimum Gasteiger partial charge on any atom is -0.374 e. The molecule has 0 saturated carbocycles. The number of hydrogen-bond donors (Lipinski definition) is 1. The first-order chi connectivity index (χ1) is 8.10. The zero-order chi connectivity index (χ0) is 13.1. The van der Waals surface area contributed by atoms with Gasteiger partial charge in [0, 0.05) is 25.9 Å². The number of carbonyl (C=O) groups excluding carboxylic acids is 1. The van der Waals surface area contributed by atoms with E-state index in [2.05, 4.69) is 0 Å². The van der Waals surface area contributed by atoms with Crippen LogP contribution in [0.2, 0.25) is 6.04 Å². The zero-order valence-electron chi connectivity index (χ0n) is 10.9. The molecule has 0 heterocycles. The van der Waals surface area contributed by atoms with Gasteiger partial charge in [0.25, 0.3) is 0 Å². The van der Waals surface area contributed by atoms with E-state index in [1.807, 2.05) is 20.8 Å². The van der Waals surface area contributed by atoms with Gasteiger partial charge >= 0.3 is 8.80 Å². The average Bonchev–Trinajstić information content (AvgIpc) is 2.25. The van der Waals surface area contributed by atoms with E-state index >= 15 is 0 Å². The van der Waals surface area contributed by atoms with E-state index in [0.717, 1.165) is 0 Å². The predicted octanol–water partition coefficient (Wildman–Crippen LogP) is 1.47. The van der Waals surface area contributed by atoms with Gasteiger partial charge < -0.3 is 19.0 Å². The zero-order valence-corrected chi connectivity index (χ0v) is 11.9. The van der Waals surface area contributed by atoms with Gasteiger partial charge in [0.15, 0.2) is 0 Å². The molecule has 6 heteroatoms. The highest BCUT2D eigenvalue weighted by Gasteiger charge is 2.39. The standard InChI is InChI=1S/C11H23NO4Si/c1-4-14-17(15-5-2,16-6-3)10-8-7-9-11(12)13/h7,9H,4-6,8,10H2,1-3H3,(H2,12,13). The van der Waals surface area contributed by atoms with Crippen LogP contribution in [0.15, 0.2) is 12.2 Å². The van der Waals surface area contributed by atoms with Crippen LogP contribution in [0.1, 0.15) is 27.2 Å². The second-order valence-corrected chi connectivity index (χ2v) is 6.06. The van der Waals surface area contributed by atoms with Gasteiger partial charge in [-0.2, -0.15) is 0 Å². The van der Waals surface area contributed by atoms with Gasteiger partial charge in [-0.15, -0.1) is 0 Å². The molecule has 0 atom stereocenters. The van der Waals surface area contributed by atoms with E-state index in [-0.39, 0.29) is 0 Å². The van der Waals surface area contributed by atoms with Gasteiger partial charge in [0.05, 0.1) is 0 Å². The second-order valence-electron chi connectivity index (χ2n) is 3.33. The molecular weight excluding hydrogens is 238 g/mol. The van der Waals surface area contributed by atoms with Crippen molar-refractivity contribution in [2.45, 2.75) is 33.2 Å². The number of carbonyl (C=O) groups is 1. The number of nitrogens with two attached hydrogens (primary N) is 1.